The van der Waals surface area contributed by atoms with Crippen molar-refractivity contribution in [2.75, 3.05) is 46.4 Å². The minimum Gasteiger partial charge on any atom is -0.379 e. The van der Waals surface area contributed by atoms with Gasteiger partial charge >= 0.3 is 0 Å². The summed E-state index contributed by atoms with van der Waals surface area (Å²) in [7, 11) is 1.76. The fourth-order valence-electron chi connectivity index (χ4n) is 2.92. The first-order chi connectivity index (χ1) is 7.83. The first-order valence-corrected chi connectivity index (χ1v) is 6.52. The number of hydrogen-bond donors (Lipinski definition) is 1. The van der Waals surface area contributed by atoms with Crippen LogP contribution in [0.3, 0.4) is 0 Å². The molecule has 2 aliphatic rings. The molecule has 2 saturated heterocycles. The van der Waals surface area contributed by atoms with Crippen LogP contribution in [0.15, 0.2) is 0 Å². The van der Waals surface area contributed by atoms with Crippen LogP contribution in [0.4, 0.5) is 0 Å². The van der Waals surface area contributed by atoms with Crippen molar-refractivity contribution in [1.29, 1.82) is 0 Å². The molecule has 2 aliphatic heterocycles. The Balaban J connectivity index is 1.74. The molecule has 0 saturated carbocycles. The van der Waals surface area contributed by atoms with Crippen LogP contribution in [0.1, 0.15) is 19.3 Å². The van der Waals surface area contributed by atoms with Gasteiger partial charge in [0, 0.05) is 32.8 Å². The zero-order chi connectivity index (χ0) is 11.4. The number of rotatable bonds is 5. The lowest BCUT2D eigenvalue weighted by Gasteiger charge is -2.25. The second-order valence-electron chi connectivity index (χ2n) is 5.04. The standard InChI is InChI=1S/C12H25N3O/c1-16-12(8-13)10-14-7-4-11(9-14)15-5-2-3-6-15/h11-12H,2-10,13H2,1H3. The van der Waals surface area contributed by atoms with E-state index in [0.717, 1.165) is 12.6 Å². The number of likely N-dealkylation sites (tertiary alicyclic amines) is 2. The van der Waals surface area contributed by atoms with Crippen molar-refractivity contribution in [2.24, 2.45) is 5.73 Å². The smallest absolute Gasteiger partial charge is 0.0820 e. The molecular weight excluding hydrogens is 202 g/mol. The summed E-state index contributed by atoms with van der Waals surface area (Å²) in [5.74, 6) is 0. The Bertz CT molecular complexity index is 202. The van der Waals surface area contributed by atoms with E-state index < -0.39 is 0 Å². The number of ether oxygens (including phenoxy) is 1. The molecule has 0 spiro atoms. The van der Waals surface area contributed by atoms with Gasteiger partial charge < -0.3 is 10.5 Å². The molecule has 2 heterocycles. The van der Waals surface area contributed by atoms with Crippen molar-refractivity contribution in [3.8, 4) is 0 Å². The Labute approximate surface area is 98.7 Å². The Morgan fingerprint density at radius 3 is 2.69 bits per heavy atom. The summed E-state index contributed by atoms with van der Waals surface area (Å²) < 4.78 is 5.34. The van der Waals surface area contributed by atoms with Gasteiger partial charge in [0.2, 0.25) is 0 Å². The van der Waals surface area contributed by atoms with Crippen LogP contribution >= 0.6 is 0 Å². The molecule has 94 valence electrons. The molecule has 0 amide bonds. The first kappa shape index (κ1) is 12.3. The lowest BCUT2D eigenvalue weighted by Crippen LogP contribution is -2.39. The molecule has 0 bridgehead atoms. The molecule has 2 rings (SSSR count). The molecule has 2 atom stereocenters. The predicted molar refractivity (Wildman–Crippen MR) is 65.5 cm³/mol. The van der Waals surface area contributed by atoms with Crippen LogP contribution in [0, 0.1) is 0 Å². The molecule has 4 heteroatoms. The predicted octanol–water partition coefficient (Wildman–Crippen LogP) is 0.130. The second kappa shape index (κ2) is 5.96. The molecule has 16 heavy (non-hydrogen) atoms. The van der Waals surface area contributed by atoms with Gasteiger partial charge in [0.1, 0.15) is 0 Å². The van der Waals surface area contributed by atoms with Gasteiger partial charge in [-0.3, -0.25) is 9.80 Å². The van der Waals surface area contributed by atoms with Gasteiger partial charge in [-0.25, -0.2) is 0 Å². The molecule has 2 fully saturated rings. The highest BCUT2D eigenvalue weighted by atomic mass is 16.5. The van der Waals surface area contributed by atoms with Gasteiger partial charge in [0.05, 0.1) is 6.10 Å². The van der Waals surface area contributed by atoms with Gasteiger partial charge in [-0.2, -0.15) is 0 Å². The topological polar surface area (TPSA) is 41.7 Å². The number of hydrogen-bond acceptors (Lipinski definition) is 4. The molecule has 0 aromatic heterocycles. The fraction of sp³-hybridized carbons (Fsp3) is 1.00. The maximum absolute atomic E-state index is 5.66. The van der Waals surface area contributed by atoms with Gasteiger partial charge in [-0.1, -0.05) is 0 Å². The Kier molecular flexibility index (Phi) is 4.58. The van der Waals surface area contributed by atoms with Crippen LogP contribution in [-0.4, -0.2) is 68.3 Å². The monoisotopic (exact) mass is 227 g/mol. The fourth-order valence-corrected chi connectivity index (χ4v) is 2.92. The summed E-state index contributed by atoms with van der Waals surface area (Å²) in [4.78, 5) is 5.16. The Hall–Kier alpha value is -0.160. The Morgan fingerprint density at radius 2 is 2.06 bits per heavy atom. The minimum absolute atomic E-state index is 0.206. The van der Waals surface area contributed by atoms with E-state index in [0.29, 0.717) is 6.54 Å². The third-order valence-corrected chi connectivity index (χ3v) is 3.96. The second-order valence-corrected chi connectivity index (χ2v) is 5.04. The minimum atomic E-state index is 0.206. The SMILES string of the molecule is COC(CN)CN1CCC(N2CCCC2)C1. The van der Waals surface area contributed by atoms with Crippen molar-refractivity contribution in [3.63, 3.8) is 0 Å². The van der Waals surface area contributed by atoms with E-state index in [2.05, 4.69) is 9.80 Å². The summed E-state index contributed by atoms with van der Waals surface area (Å²) in [6.07, 6.45) is 4.30. The third kappa shape index (κ3) is 2.94. The molecule has 2 N–H and O–H groups in total. The number of nitrogens with zero attached hydrogens (tertiary/aromatic N) is 2. The van der Waals surface area contributed by atoms with E-state index in [4.69, 9.17) is 10.5 Å². The molecule has 0 aromatic rings. The van der Waals surface area contributed by atoms with Crippen LogP contribution in [0.5, 0.6) is 0 Å². The summed E-state index contributed by atoms with van der Waals surface area (Å²) >= 11 is 0. The van der Waals surface area contributed by atoms with E-state index in [9.17, 15) is 0 Å². The lowest BCUT2D eigenvalue weighted by atomic mass is 10.2. The van der Waals surface area contributed by atoms with E-state index in [1.54, 1.807) is 7.11 Å². The molecule has 4 nitrogen and oxygen atoms in total. The zero-order valence-corrected chi connectivity index (χ0v) is 10.4. The largest absolute Gasteiger partial charge is 0.379 e. The van der Waals surface area contributed by atoms with Gasteiger partial charge in [0.15, 0.2) is 0 Å². The van der Waals surface area contributed by atoms with E-state index >= 15 is 0 Å². The molecule has 2 unspecified atom stereocenters. The number of nitrogens with two attached hydrogens (primary N) is 1. The van der Waals surface area contributed by atoms with Crippen LogP contribution in [0.2, 0.25) is 0 Å². The molecule has 0 radical (unpaired) electrons. The normalized spacial score (nSPS) is 30.0. The molecular formula is C12H25N3O. The van der Waals surface area contributed by atoms with Crippen LogP contribution in [-0.2, 0) is 4.74 Å². The van der Waals surface area contributed by atoms with Crippen molar-refractivity contribution in [2.45, 2.75) is 31.4 Å². The third-order valence-electron chi connectivity index (χ3n) is 3.96. The van der Waals surface area contributed by atoms with Gasteiger partial charge in [-0.15, -0.1) is 0 Å². The summed E-state index contributed by atoms with van der Waals surface area (Å²) in [6, 6.07) is 0.790. The quantitative estimate of drug-likeness (QED) is 0.725. The van der Waals surface area contributed by atoms with E-state index in [-0.39, 0.29) is 6.10 Å². The number of methoxy groups -OCH3 is 1. The first-order valence-electron chi connectivity index (χ1n) is 6.52. The summed E-state index contributed by atoms with van der Waals surface area (Å²) in [5.41, 5.74) is 5.66. The van der Waals surface area contributed by atoms with Crippen molar-refractivity contribution in [3.05, 3.63) is 0 Å². The van der Waals surface area contributed by atoms with Crippen LogP contribution in [0.25, 0.3) is 0 Å². The van der Waals surface area contributed by atoms with Crippen molar-refractivity contribution < 1.29 is 4.74 Å². The average molecular weight is 227 g/mol. The summed E-state index contributed by atoms with van der Waals surface area (Å²) in [5, 5.41) is 0. The van der Waals surface area contributed by atoms with Crippen molar-refractivity contribution in [1.82, 2.24) is 9.80 Å². The Morgan fingerprint density at radius 1 is 1.31 bits per heavy atom. The lowest BCUT2D eigenvalue weighted by molar-refractivity contribution is 0.0750. The molecule has 0 aliphatic carbocycles. The van der Waals surface area contributed by atoms with Crippen LogP contribution < -0.4 is 5.73 Å². The summed E-state index contributed by atoms with van der Waals surface area (Å²) in [6.45, 7) is 6.66. The molecule has 0 aromatic carbocycles. The van der Waals surface area contributed by atoms with E-state index in [1.807, 2.05) is 0 Å². The van der Waals surface area contributed by atoms with Gasteiger partial charge in [-0.05, 0) is 38.9 Å². The van der Waals surface area contributed by atoms with Gasteiger partial charge in [0.25, 0.3) is 0 Å². The zero-order valence-electron chi connectivity index (χ0n) is 10.4. The maximum Gasteiger partial charge on any atom is 0.0820 e. The van der Waals surface area contributed by atoms with E-state index in [1.165, 1.54) is 45.4 Å². The highest BCUT2D eigenvalue weighted by molar-refractivity contribution is 4.86. The highest BCUT2D eigenvalue weighted by Crippen LogP contribution is 2.20. The highest BCUT2D eigenvalue weighted by Gasteiger charge is 2.29. The van der Waals surface area contributed by atoms with Crippen molar-refractivity contribution >= 4 is 0 Å². The average Bonchev–Trinajstić information content (AvgIpc) is 2.96. The maximum atomic E-state index is 5.66.